The zero-order valence-electron chi connectivity index (χ0n) is 20.9. The quantitative estimate of drug-likeness (QED) is 0.351. The number of hydrogen-bond donors (Lipinski definition) is 1. The molecule has 2 unspecified atom stereocenters. The summed E-state index contributed by atoms with van der Waals surface area (Å²) < 4.78 is 0. The first kappa shape index (κ1) is 26.6. The van der Waals surface area contributed by atoms with E-state index in [4.69, 9.17) is 0 Å². The highest BCUT2D eigenvalue weighted by Gasteiger charge is 2.30. The van der Waals surface area contributed by atoms with Crippen molar-refractivity contribution in [2.45, 2.75) is 58.0 Å². The molecule has 0 bridgehead atoms. The second kappa shape index (κ2) is 13.7. The summed E-state index contributed by atoms with van der Waals surface area (Å²) in [4.78, 5) is 28.8. The van der Waals surface area contributed by atoms with Gasteiger partial charge in [0.2, 0.25) is 11.8 Å². The van der Waals surface area contributed by atoms with Crippen molar-refractivity contribution in [2.24, 2.45) is 0 Å². The van der Waals surface area contributed by atoms with Gasteiger partial charge in [0.15, 0.2) is 0 Å². The van der Waals surface area contributed by atoms with Crippen molar-refractivity contribution in [3.63, 3.8) is 0 Å². The maximum atomic E-state index is 13.6. The molecule has 4 nitrogen and oxygen atoms in total. The topological polar surface area (TPSA) is 49.4 Å². The highest BCUT2D eigenvalue weighted by Crippen LogP contribution is 2.19. The van der Waals surface area contributed by atoms with Gasteiger partial charge in [0, 0.05) is 24.8 Å². The highest BCUT2D eigenvalue weighted by atomic mass is 32.2. The molecule has 5 heteroatoms. The van der Waals surface area contributed by atoms with E-state index in [2.05, 4.69) is 36.5 Å². The molecular weight excluding hydrogens is 452 g/mol. The molecule has 0 aromatic heterocycles. The van der Waals surface area contributed by atoms with Gasteiger partial charge in [0.05, 0.1) is 5.75 Å². The van der Waals surface area contributed by atoms with Crippen molar-refractivity contribution in [1.29, 1.82) is 0 Å². The van der Waals surface area contributed by atoms with Crippen LogP contribution in [-0.2, 0) is 28.3 Å². The number of carbonyl (C=O) groups excluding carboxylic acids is 2. The summed E-state index contributed by atoms with van der Waals surface area (Å²) in [5, 5.41) is 3.12. The van der Waals surface area contributed by atoms with Crippen LogP contribution in [0, 0.1) is 6.92 Å². The Morgan fingerprint density at radius 3 is 2.06 bits per heavy atom. The Hall–Kier alpha value is -3.05. The summed E-state index contributed by atoms with van der Waals surface area (Å²) >= 11 is 1.59. The maximum absolute atomic E-state index is 13.6. The van der Waals surface area contributed by atoms with Crippen LogP contribution >= 0.6 is 11.8 Å². The molecule has 0 heterocycles. The third kappa shape index (κ3) is 8.59. The predicted octanol–water partition coefficient (Wildman–Crippen LogP) is 5.78. The maximum Gasteiger partial charge on any atom is 0.243 e. The molecule has 1 N–H and O–H groups in total. The summed E-state index contributed by atoms with van der Waals surface area (Å²) in [5.74, 6) is 0.957. The number of benzene rings is 3. The van der Waals surface area contributed by atoms with Crippen molar-refractivity contribution >= 4 is 23.6 Å². The third-order valence-electron chi connectivity index (χ3n) is 6.08. The minimum absolute atomic E-state index is 0.0220. The molecule has 3 aromatic carbocycles. The van der Waals surface area contributed by atoms with Gasteiger partial charge in [-0.15, -0.1) is 11.8 Å². The molecule has 0 fully saturated rings. The van der Waals surface area contributed by atoms with E-state index in [1.807, 2.05) is 74.5 Å². The Balaban J connectivity index is 1.82. The summed E-state index contributed by atoms with van der Waals surface area (Å²) in [7, 11) is 0. The monoisotopic (exact) mass is 488 g/mol. The fourth-order valence-electron chi connectivity index (χ4n) is 3.80. The predicted molar refractivity (Wildman–Crippen MR) is 146 cm³/mol. The molecule has 3 rings (SSSR count). The van der Waals surface area contributed by atoms with Crippen molar-refractivity contribution in [3.05, 3.63) is 107 Å². The average Bonchev–Trinajstić information content (AvgIpc) is 2.88. The van der Waals surface area contributed by atoms with Crippen LogP contribution in [0.2, 0.25) is 0 Å². The number of nitrogens with zero attached hydrogens (tertiary/aromatic N) is 1. The van der Waals surface area contributed by atoms with E-state index in [9.17, 15) is 9.59 Å². The van der Waals surface area contributed by atoms with Crippen molar-refractivity contribution in [3.8, 4) is 0 Å². The lowest BCUT2D eigenvalue weighted by Gasteiger charge is -2.32. The molecule has 0 aliphatic heterocycles. The second-order valence-corrected chi connectivity index (χ2v) is 9.99. The summed E-state index contributed by atoms with van der Waals surface area (Å²) in [6.07, 6.45) is 1.31. The van der Waals surface area contributed by atoms with Crippen molar-refractivity contribution < 1.29 is 9.59 Å². The molecule has 35 heavy (non-hydrogen) atoms. The smallest absolute Gasteiger partial charge is 0.243 e. The van der Waals surface area contributed by atoms with Gasteiger partial charge in [-0.1, -0.05) is 97.4 Å². The van der Waals surface area contributed by atoms with E-state index in [1.54, 1.807) is 16.7 Å². The zero-order chi connectivity index (χ0) is 25.0. The van der Waals surface area contributed by atoms with Gasteiger partial charge < -0.3 is 10.2 Å². The number of carbonyl (C=O) groups is 2. The van der Waals surface area contributed by atoms with Crippen LogP contribution in [-0.4, -0.2) is 34.6 Å². The number of rotatable bonds is 12. The lowest BCUT2D eigenvalue weighted by molar-refractivity contribution is -0.139. The molecule has 0 aliphatic carbocycles. The fraction of sp³-hybridized carbons (Fsp3) is 0.333. The lowest BCUT2D eigenvalue weighted by atomic mass is 10.0. The number of thioether (sulfide) groups is 1. The largest absolute Gasteiger partial charge is 0.352 e. The van der Waals surface area contributed by atoms with Gasteiger partial charge in [-0.2, -0.15) is 0 Å². The number of amides is 2. The highest BCUT2D eigenvalue weighted by molar-refractivity contribution is 7.99. The van der Waals surface area contributed by atoms with Crippen LogP contribution in [0.1, 0.15) is 42.5 Å². The van der Waals surface area contributed by atoms with Gasteiger partial charge in [-0.3, -0.25) is 9.59 Å². The molecule has 184 valence electrons. The molecule has 0 radical (unpaired) electrons. The Morgan fingerprint density at radius 1 is 0.857 bits per heavy atom. The number of nitrogens with one attached hydrogen (secondary N) is 1. The fourth-order valence-corrected chi connectivity index (χ4v) is 4.67. The van der Waals surface area contributed by atoms with Crippen LogP contribution in [0.5, 0.6) is 0 Å². The Bertz CT molecular complexity index is 1050. The lowest BCUT2D eigenvalue weighted by Crippen LogP contribution is -2.52. The van der Waals surface area contributed by atoms with Crippen molar-refractivity contribution in [2.75, 3.05) is 5.75 Å². The van der Waals surface area contributed by atoms with E-state index in [1.165, 1.54) is 11.1 Å². The third-order valence-corrected chi connectivity index (χ3v) is 7.07. The van der Waals surface area contributed by atoms with E-state index in [0.717, 1.165) is 23.3 Å². The molecule has 0 saturated heterocycles. The molecule has 0 spiro atoms. The Labute approximate surface area is 214 Å². The Kier molecular flexibility index (Phi) is 10.4. The van der Waals surface area contributed by atoms with Crippen LogP contribution in [0.4, 0.5) is 0 Å². The second-order valence-electron chi connectivity index (χ2n) is 9.01. The van der Waals surface area contributed by atoms with Gasteiger partial charge >= 0.3 is 0 Å². The van der Waals surface area contributed by atoms with E-state index in [0.29, 0.717) is 18.7 Å². The van der Waals surface area contributed by atoms with E-state index in [-0.39, 0.29) is 17.9 Å². The molecule has 3 aromatic rings. The standard InChI is InChI=1S/C30H36N2O2S/c1-4-24(3)31-30(34)28(19-25-11-7-5-8-12-25)32(20-26-13-9-6-10-14-26)29(33)22-35-21-27-17-15-23(2)16-18-27/h5-18,24,28H,4,19-22H2,1-3H3,(H,31,34). The van der Waals surface area contributed by atoms with E-state index < -0.39 is 6.04 Å². The number of hydrogen-bond acceptors (Lipinski definition) is 3. The van der Waals surface area contributed by atoms with Crippen LogP contribution in [0.25, 0.3) is 0 Å². The minimum Gasteiger partial charge on any atom is -0.352 e. The van der Waals surface area contributed by atoms with Gasteiger partial charge in [-0.05, 0) is 37.0 Å². The first-order chi connectivity index (χ1) is 17.0. The zero-order valence-corrected chi connectivity index (χ0v) is 21.8. The molecular formula is C30H36N2O2S. The average molecular weight is 489 g/mol. The summed E-state index contributed by atoms with van der Waals surface area (Å²) in [6, 6.07) is 27.7. The van der Waals surface area contributed by atoms with Gasteiger partial charge in [0.25, 0.3) is 0 Å². The first-order valence-electron chi connectivity index (χ1n) is 12.3. The molecule has 2 amide bonds. The summed E-state index contributed by atoms with van der Waals surface area (Å²) in [5.41, 5.74) is 4.46. The molecule has 0 saturated carbocycles. The van der Waals surface area contributed by atoms with Gasteiger partial charge in [-0.25, -0.2) is 0 Å². The van der Waals surface area contributed by atoms with E-state index >= 15 is 0 Å². The molecule has 0 aliphatic rings. The number of aryl methyl sites for hydroxylation is 1. The SMILES string of the molecule is CCC(C)NC(=O)C(Cc1ccccc1)N(Cc1ccccc1)C(=O)CSCc1ccc(C)cc1. The Morgan fingerprint density at radius 2 is 1.46 bits per heavy atom. The van der Waals surface area contributed by atoms with Crippen LogP contribution < -0.4 is 5.32 Å². The summed E-state index contributed by atoms with van der Waals surface area (Å²) in [6.45, 7) is 6.51. The molecule has 2 atom stereocenters. The minimum atomic E-state index is -0.584. The van der Waals surface area contributed by atoms with Crippen molar-refractivity contribution in [1.82, 2.24) is 10.2 Å². The van der Waals surface area contributed by atoms with Crippen LogP contribution in [0.3, 0.4) is 0 Å². The van der Waals surface area contributed by atoms with Gasteiger partial charge in [0.1, 0.15) is 6.04 Å². The first-order valence-corrected chi connectivity index (χ1v) is 13.4. The normalized spacial score (nSPS) is 12.5. The van der Waals surface area contributed by atoms with Crippen LogP contribution in [0.15, 0.2) is 84.9 Å².